The number of carbonyl (C=O) groups is 1. The Morgan fingerprint density at radius 1 is 0.829 bits per heavy atom. The summed E-state index contributed by atoms with van der Waals surface area (Å²) in [7, 11) is 3.26. The van der Waals surface area contributed by atoms with Crippen LogP contribution in [0.5, 0.6) is 11.5 Å². The molecule has 0 aliphatic heterocycles. The Hall–Kier alpha value is -3.18. The van der Waals surface area contributed by atoms with Crippen LogP contribution in [-0.2, 0) is 4.79 Å². The fourth-order valence-corrected chi connectivity index (χ4v) is 4.34. The van der Waals surface area contributed by atoms with Crippen LogP contribution in [0.15, 0.2) is 78.0 Å². The number of aromatic nitrogens is 3. The first-order chi connectivity index (χ1) is 17.1. The third-order valence-electron chi connectivity index (χ3n) is 5.08. The van der Waals surface area contributed by atoms with Crippen LogP contribution < -0.4 is 14.8 Å². The summed E-state index contributed by atoms with van der Waals surface area (Å²) in [5.41, 5.74) is 3.93. The van der Waals surface area contributed by atoms with E-state index in [-0.39, 0.29) is 5.91 Å². The van der Waals surface area contributed by atoms with E-state index in [1.807, 2.05) is 72.8 Å². The average molecular weight is 598 g/mol. The van der Waals surface area contributed by atoms with E-state index in [2.05, 4.69) is 38.1 Å². The lowest BCUT2D eigenvalue weighted by Gasteiger charge is -2.11. The molecular formula is C26H23IN4O3S. The van der Waals surface area contributed by atoms with Gasteiger partial charge < -0.3 is 14.8 Å². The lowest BCUT2D eigenvalue weighted by molar-refractivity contribution is -0.115. The van der Waals surface area contributed by atoms with E-state index in [9.17, 15) is 4.79 Å². The molecular weight excluding hydrogens is 575 g/mol. The van der Waals surface area contributed by atoms with Gasteiger partial charge in [-0.15, -0.1) is 10.2 Å². The molecule has 1 heterocycles. The van der Waals surface area contributed by atoms with Crippen LogP contribution in [0, 0.1) is 3.57 Å². The van der Waals surface area contributed by atoms with Crippen molar-refractivity contribution < 1.29 is 14.3 Å². The van der Waals surface area contributed by atoms with Crippen LogP contribution in [0.1, 0.15) is 6.42 Å². The van der Waals surface area contributed by atoms with Crippen molar-refractivity contribution in [2.75, 3.05) is 25.3 Å². The smallest absolute Gasteiger partial charge is 0.225 e. The fraction of sp³-hybridized carbons (Fsp3) is 0.154. The molecule has 7 nitrogen and oxygen atoms in total. The number of nitrogens with one attached hydrogen (secondary N) is 1. The third-order valence-corrected chi connectivity index (χ3v) is 6.64. The molecule has 0 spiro atoms. The van der Waals surface area contributed by atoms with E-state index in [1.165, 1.54) is 11.8 Å². The van der Waals surface area contributed by atoms with Crippen LogP contribution >= 0.6 is 34.4 Å². The number of methoxy groups -OCH3 is 2. The SMILES string of the molecule is COc1ccc(-c2nnc(SCCC(=O)Nc3ccc(I)cc3)nc2-c2ccc(OC)cc2)cc1. The molecule has 9 heteroatoms. The van der Waals surface area contributed by atoms with Gasteiger partial charge in [-0.05, 0) is 95.4 Å². The predicted octanol–water partition coefficient (Wildman–Crippen LogP) is 5.95. The Labute approximate surface area is 221 Å². The highest BCUT2D eigenvalue weighted by atomic mass is 127. The number of nitrogens with zero attached hydrogens (tertiary/aromatic N) is 3. The third kappa shape index (κ3) is 6.70. The Balaban J connectivity index is 1.51. The van der Waals surface area contributed by atoms with Crippen LogP contribution in [0.3, 0.4) is 0 Å². The van der Waals surface area contributed by atoms with Gasteiger partial charge in [-0.2, -0.15) is 0 Å². The first kappa shape index (κ1) is 24.9. The zero-order chi connectivity index (χ0) is 24.6. The minimum absolute atomic E-state index is 0.0584. The van der Waals surface area contributed by atoms with Crippen molar-refractivity contribution in [1.82, 2.24) is 15.2 Å². The molecule has 0 atom stereocenters. The number of amides is 1. The van der Waals surface area contributed by atoms with E-state index in [0.717, 1.165) is 31.9 Å². The van der Waals surface area contributed by atoms with E-state index in [4.69, 9.17) is 14.5 Å². The van der Waals surface area contributed by atoms with Crippen molar-refractivity contribution in [2.45, 2.75) is 11.6 Å². The van der Waals surface area contributed by atoms with Crippen molar-refractivity contribution in [3.63, 3.8) is 0 Å². The van der Waals surface area contributed by atoms with Gasteiger partial charge >= 0.3 is 0 Å². The van der Waals surface area contributed by atoms with Gasteiger partial charge in [0.05, 0.1) is 14.2 Å². The van der Waals surface area contributed by atoms with Gasteiger partial charge in [-0.1, -0.05) is 11.8 Å². The molecule has 0 aliphatic carbocycles. The van der Waals surface area contributed by atoms with Crippen LogP contribution in [-0.4, -0.2) is 41.1 Å². The number of hydrogen-bond acceptors (Lipinski definition) is 7. The first-order valence-corrected chi connectivity index (χ1v) is 12.8. The van der Waals surface area contributed by atoms with Gasteiger partial charge in [0.2, 0.25) is 11.1 Å². The predicted molar refractivity (Wildman–Crippen MR) is 147 cm³/mol. The molecule has 35 heavy (non-hydrogen) atoms. The first-order valence-electron chi connectivity index (χ1n) is 10.8. The topological polar surface area (TPSA) is 86.2 Å². The Bertz CT molecular complexity index is 1280. The average Bonchev–Trinajstić information content (AvgIpc) is 2.90. The maximum absolute atomic E-state index is 12.3. The van der Waals surface area contributed by atoms with E-state index < -0.39 is 0 Å². The monoisotopic (exact) mass is 598 g/mol. The number of carbonyl (C=O) groups excluding carboxylic acids is 1. The second-order valence-corrected chi connectivity index (χ2v) is 9.71. The lowest BCUT2D eigenvalue weighted by atomic mass is 10.0. The molecule has 178 valence electrons. The zero-order valence-corrected chi connectivity index (χ0v) is 22.2. The fourth-order valence-electron chi connectivity index (χ4n) is 3.26. The summed E-state index contributed by atoms with van der Waals surface area (Å²) in [6.07, 6.45) is 0.331. The van der Waals surface area contributed by atoms with Crippen molar-refractivity contribution in [1.29, 1.82) is 0 Å². The summed E-state index contributed by atoms with van der Waals surface area (Å²) in [6, 6.07) is 23.0. The standard InChI is InChI=1S/C26H23IN4O3S/c1-33-21-11-3-17(4-12-21)24-25(18-5-13-22(34-2)14-6-18)30-31-26(29-24)35-16-15-23(32)28-20-9-7-19(27)8-10-20/h3-14H,15-16H2,1-2H3,(H,28,32). The normalized spacial score (nSPS) is 10.6. The lowest BCUT2D eigenvalue weighted by Crippen LogP contribution is -2.12. The zero-order valence-electron chi connectivity index (χ0n) is 19.2. The van der Waals surface area contributed by atoms with E-state index >= 15 is 0 Å². The van der Waals surface area contributed by atoms with Crippen LogP contribution in [0.2, 0.25) is 0 Å². The Morgan fingerprint density at radius 3 is 1.97 bits per heavy atom. The van der Waals surface area contributed by atoms with Crippen molar-refractivity contribution >= 4 is 45.9 Å². The number of rotatable bonds is 9. The summed E-state index contributed by atoms with van der Waals surface area (Å²) in [5.74, 6) is 1.99. The molecule has 0 aliphatic rings. The van der Waals surface area contributed by atoms with Gasteiger partial charge in [-0.3, -0.25) is 4.79 Å². The quantitative estimate of drug-likeness (QED) is 0.188. The summed E-state index contributed by atoms with van der Waals surface area (Å²) in [4.78, 5) is 17.1. The van der Waals surface area contributed by atoms with Crippen LogP contribution in [0.25, 0.3) is 22.5 Å². The highest BCUT2D eigenvalue weighted by Gasteiger charge is 2.15. The molecule has 1 aromatic heterocycles. The second kappa shape index (κ2) is 12.0. The number of ether oxygens (including phenoxy) is 2. The van der Waals surface area contributed by atoms with E-state index in [0.29, 0.717) is 28.7 Å². The largest absolute Gasteiger partial charge is 0.497 e. The summed E-state index contributed by atoms with van der Waals surface area (Å²) in [5, 5.41) is 12.2. The highest BCUT2D eigenvalue weighted by Crippen LogP contribution is 2.32. The van der Waals surface area contributed by atoms with Crippen molar-refractivity contribution in [3.05, 3.63) is 76.4 Å². The summed E-state index contributed by atoms with van der Waals surface area (Å²) >= 11 is 3.63. The summed E-state index contributed by atoms with van der Waals surface area (Å²) in [6.45, 7) is 0. The summed E-state index contributed by atoms with van der Waals surface area (Å²) < 4.78 is 11.7. The number of halogens is 1. The van der Waals surface area contributed by atoms with Gasteiger partial charge in [0, 0.05) is 32.6 Å². The van der Waals surface area contributed by atoms with E-state index in [1.54, 1.807) is 14.2 Å². The minimum atomic E-state index is -0.0584. The number of hydrogen-bond donors (Lipinski definition) is 1. The number of benzene rings is 3. The van der Waals surface area contributed by atoms with Gasteiger partial charge in [0.15, 0.2) is 0 Å². The van der Waals surface area contributed by atoms with Crippen molar-refractivity contribution in [3.8, 4) is 34.0 Å². The van der Waals surface area contributed by atoms with Gasteiger partial charge in [0.25, 0.3) is 0 Å². The molecule has 4 aromatic rings. The second-order valence-electron chi connectivity index (χ2n) is 7.40. The van der Waals surface area contributed by atoms with Crippen molar-refractivity contribution in [2.24, 2.45) is 0 Å². The van der Waals surface area contributed by atoms with Crippen LogP contribution in [0.4, 0.5) is 5.69 Å². The van der Waals surface area contributed by atoms with Gasteiger partial charge in [0.1, 0.15) is 22.9 Å². The molecule has 0 fully saturated rings. The maximum atomic E-state index is 12.3. The molecule has 0 unspecified atom stereocenters. The molecule has 0 saturated heterocycles. The molecule has 3 aromatic carbocycles. The molecule has 0 saturated carbocycles. The minimum Gasteiger partial charge on any atom is -0.497 e. The molecule has 1 N–H and O–H groups in total. The number of thioether (sulfide) groups is 1. The molecule has 1 amide bonds. The van der Waals surface area contributed by atoms with Gasteiger partial charge in [-0.25, -0.2) is 4.98 Å². The Morgan fingerprint density at radius 2 is 1.40 bits per heavy atom. The molecule has 4 rings (SSSR count). The maximum Gasteiger partial charge on any atom is 0.225 e. The Kier molecular flexibility index (Phi) is 8.54. The number of anilines is 1. The molecule has 0 radical (unpaired) electrons. The highest BCUT2D eigenvalue weighted by molar-refractivity contribution is 14.1. The molecule has 0 bridgehead atoms.